The molecule has 4 nitrogen and oxygen atoms in total. The molecule has 1 aliphatic rings. The molecular formula is C12H18N4S. The second kappa shape index (κ2) is 5.91. The Morgan fingerprint density at radius 2 is 2.00 bits per heavy atom. The van der Waals surface area contributed by atoms with Crippen LogP contribution in [0, 0.1) is 5.92 Å². The van der Waals surface area contributed by atoms with Crippen LogP contribution in [0.3, 0.4) is 0 Å². The van der Waals surface area contributed by atoms with E-state index in [1.165, 1.54) is 32.1 Å². The van der Waals surface area contributed by atoms with E-state index >= 15 is 0 Å². The fourth-order valence-corrected chi connectivity index (χ4v) is 2.43. The highest BCUT2D eigenvalue weighted by molar-refractivity contribution is 7.80. The van der Waals surface area contributed by atoms with Gasteiger partial charge in [0.05, 0.1) is 0 Å². The molecule has 1 heterocycles. The Labute approximate surface area is 107 Å². The lowest BCUT2D eigenvalue weighted by molar-refractivity contribution is 0.373. The van der Waals surface area contributed by atoms with Crippen molar-refractivity contribution in [2.45, 2.75) is 32.1 Å². The van der Waals surface area contributed by atoms with Gasteiger partial charge in [-0.3, -0.25) is 0 Å². The van der Waals surface area contributed by atoms with E-state index in [9.17, 15) is 0 Å². The molecule has 17 heavy (non-hydrogen) atoms. The zero-order valence-electron chi connectivity index (χ0n) is 9.85. The zero-order valence-corrected chi connectivity index (χ0v) is 10.7. The minimum absolute atomic E-state index is 0.296. The van der Waals surface area contributed by atoms with Crippen LogP contribution in [0.15, 0.2) is 12.4 Å². The van der Waals surface area contributed by atoms with Crippen LogP contribution in [0.2, 0.25) is 0 Å². The van der Waals surface area contributed by atoms with Crippen molar-refractivity contribution in [1.29, 1.82) is 0 Å². The molecule has 1 aromatic rings. The van der Waals surface area contributed by atoms with Crippen molar-refractivity contribution >= 4 is 23.0 Å². The lowest BCUT2D eigenvalue weighted by Gasteiger charge is -2.22. The number of hydrogen-bond donors (Lipinski definition) is 2. The Morgan fingerprint density at radius 3 is 2.71 bits per heavy atom. The molecule has 1 saturated carbocycles. The summed E-state index contributed by atoms with van der Waals surface area (Å²) in [5, 5.41) is 3.32. The Morgan fingerprint density at radius 1 is 1.29 bits per heavy atom. The molecule has 0 bridgehead atoms. The number of anilines is 1. The number of thiocarbonyl (C=S) groups is 1. The molecule has 0 radical (unpaired) electrons. The third-order valence-electron chi connectivity index (χ3n) is 3.21. The smallest absolute Gasteiger partial charge is 0.155 e. The molecule has 0 saturated heterocycles. The average molecular weight is 250 g/mol. The summed E-state index contributed by atoms with van der Waals surface area (Å²) in [6.45, 7) is 0.939. The van der Waals surface area contributed by atoms with Gasteiger partial charge in [0.2, 0.25) is 0 Å². The molecule has 0 unspecified atom stereocenters. The minimum atomic E-state index is 0.296. The van der Waals surface area contributed by atoms with E-state index in [1.807, 2.05) is 0 Å². The molecule has 0 atom stereocenters. The van der Waals surface area contributed by atoms with Crippen LogP contribution in [-0.4, -0.2) is 21.5 Å². The quantitative estimate of drug-likeness (QED) is 0.801. The maximum atomic E-state index is 5.61. The lowest BCUT2D eigenvalue weighted by Crippen LogP contribution is -2.21. The molecule has 92 valence electrons. The number of rotatable bonds is 4. The summed E-state index contributed by atoms with van der Waals surface area (Å²) in [5.74, 6) is 1.45. The SMILES string of the molecule is NC(=S)c1nccnc1NCC1CCCCC1. The normalized spacial score (nSPS) is 16.7. The van der Waals surface area contributed by atoms with Crippen LogP contribution in [-0.2, 0) is 0 Å². The Bertz CT molecular complexity index is 388. The highest BCUT2D eigenvalue weighted by Crippen LogP contribution is 2.23. The summed E-state index contributed by atoms with van der Waals surface area (Å²) >= 11 is 4.96. The Hall–Kier alpha value is -1.23. The summed E-state index contributed by atoms with van der Waals surface area (Å²) in [6.07, 6.45) is 9.93. The predicted molar refractivity (Wildman–Crippen MR) is 73.0 cm³/mol. The fraction of sp³-hybridized carbons (Fsp3) is 0.583. The van der Waals surface area contributed by atoms with Gasteiger partial charge in [-0.05, 0) is 18.8 Å². The first-order valence-corrected chi connectivity index (χ1v) is 6.53. The first kappa shape index (κ1) is 12.2. The third kappa shape index (κ3) is 3.36. The van der Waals surface area contributed by atoms with Crippen molar-refractivity contribution in [2.24, 2.45) is 11.7 Å². The topological polar surface area (TPSA) is 63.8 Å². The zero-order chi connectivity index (χ0) is 12.1. The Kier molecular flexibility index (Phi) is 4.25. The van der Waals surface area contributed by atoms with Crippen molar-refractivity contribution in [3.8, 4) is 0 Å². The van der Waals surface area contributed by atoms with E-state index in [0.29, 0.717) is 16.5 Å². The molecular weight excluding hydrogens is 232 g/mol. The summed E-state index contributed by atoms with van der Waals surface area (Å²) in [7, 11) is 0. The molecule has 3 N–H and O–H groups in total. The number of nitrogens with two attached hydrogens (primary N) is 1. The van der Waals surface area contributed by atoms with Crippen molar-refractivity contribution in [3.05, 3.63) is 18.1 Å². The van der Waals surface area contributed by atoms with Crippen molar-refractivity contribution in [1.82, 2.24) is 9.97 Å². The first-order chi connectivity index (χ1) is 8.27. The average Bonchev–Trinajstić information content (AvgIpc) is 2.38. The summed E-state index contributed by atoms with van der Waals surface area (Å²) < 4.78 is 0. The molecule has 5 heteroatoms. The van der Waals surface area contributed by atoms with Gasteiger partial charge in [0, 0.05) is 18.9 Å². The van der Waals surface area contributed by atoms with Gasteiger partial charge in [-0.15, -0.1) is 0 Å². The summed E-state index contributed by atoms with van der Waals surface area (Å²) in [4.78, 5) is 8.69. The van der Waals surface area contributed by atoms with E-state index in [0.717, 1.165) is 12.5 Å². The molecule has 0 spiro atoms. The highest BCUT2D eigenvalue weighted by Gasteiger charge is 2.14. The second-order valence-corrected chi connectivity index (χ2v) is 4.94. The van der Waals surface area contributed by atoms with E-state index in [2.05, 4.69) is 15.3 Å². The standard InChI is InChI=1S/C12H18N4S/c13-11(17)10-12(15-7-6-14-10)16-8-9-4-2-1-3-5-9/h6-7,9H,1-5,8H2,(H2,13,17)(H,15,16). The van der Waals surface area contributed by atoms with Gasteiger partial charge >= 0.3 is 0 Å². The number of nitrogens with one attached hydrogen (secondary N) is 1. The molecule has 0 amide bonds. The van der Waals surface area contributed by atoms with Crippen LogP contribution in [0.1, 0.15) is 37.8 Å². The highest BCUT2D eigenvalue weighted by atomic mass is 32.1. The number of aromatic nitrogens is 2. The maximum Gasteiger partial charge on any atom is 0.155 e. The number of hydrogen-bond acceptors (Lipinski definition) is 4. The van der Waals surface area contributed by atoms with Crippen molar-refractivity contribution < 1.29 is 0 Å². The molecule has 0 aliphatic heterocycles. The van der Waals surface area contributed by atoms with Gasteiger partial charge in [-0.1, -0.05) is 31.5 Å². The third-order valence-corrected chi connectivity index (χ3v) is 3.41. The largest absolute Gasteiger partial charge is 0.388 e. The molecule has 1 fully saturated rings. The lowest BCUT2D eigenvalue weighted by atomic mass is 9.89. The maximum absolute atomic E-state index is 5.61. The van der Waals surface area contributed by atoms with Gasteiger partial charge < -0.3 is 11.1 Å². The summed E-state index contributed by atoms with van der Waals surface area (Å²) in [6, 6.07) is 0. The number of nitrogens with zero attached hydrogens (tertiary/aromatic N) is 2. The Balaban J connectivity index is 1.96. The van der Waals surface area contributed by atoms with E-state index in [4.69, 9.17) is 18.0 Å². The van der Waals surface area contributed by atoms with Gasteiger partial charge in [-0.2, -0.15) is 0 Å². The van der Waals surface area contributed by atoms with Crippen LogP contribution in [0.25, 0.3) is 0 Å². The fourth-order valence-electron chi connectivity index (χ4n) is 2.28. The van der Waals surface area contributed by atoms with E-state index < -0.39 is 0 Å². The van der Waals surface area contributed by atoms with Gasteiger partial charge in [0.15, 0.2) is 5.82 Å². The van der Waals surface area contributed by atoms with Crippen LogP contribution in [0.5, 0.6) is 0 Å². The van der Waals surface area contributed by atoms with Crippen molar-refractivity contribution in [2.75, 3.05) is 11.9 Å². The first-order valence-electron chi connectivity index (χ1n) is 6.12. The van der Waals surface area contributed by atoms with E-state index in [1.54, 1.807) is 12.4 Å². The van der Waals surface area contributed by atoms with Crippen LogP contribution >= 0.6 is 12.2 Å². The van der Waals surface area contributed by atoms with Crippen molar-refractivity contribution in [3.63, 3.8) is 0 Å². The van der Waals surface area contributed by atoms with Crippen LogP contribution < -0.4 is 11.1 Å². The van der Waals surface area contributed by atoms with Gasteiger partial charge in [-0.25, -0.2) is 9.97 Å². The molecule has 1 aliphatic carbocycles. The molecule has 1 aromatic heterocycles. The molecule has 0 aromatic carbocycles. The van der Waals surface area contributed by atoms with Gasteiger partial charge in [0.1, 0.15) is 10.7 Å². The minimum Gasteiger partial charge on any atom is -0.388 e. The second-order valence-electron chi connectivity index (χ2n) is 4.50. The van der Waals surface area contributed by atoms with E-state index in [-0.39, 0.29) is 0 Å². The monoisotopic (exact) mass is 250 g/mol. The predicted octanol–water partition coefficient (Wildman–Crippen LogP) is 2.10. The van der Waals surface area contributed by atoms with Crippen LogP contribution in [0.4, 0.5) is 5.82 Å². The summed E-state index contributed by atoms with van der Waals surface area (Å²) in [5.41, 5.74) is 6.21. The van der Waals surface area contributed by atoms with Gasteiger partial charge in [0.25, 0.3) is 0 Å². The molecule has 2 rings (SSSR count).